The van der Waals surface area contributed by atoms with Gasteiger partial charge in [0.05, 0.1) is 19.6 Å². The van der Waals surface area contributed by atoms with Gasteiger partial charge in [-0.25, -0.2) is 16.8 Å². The topological polar surface area (TPSA) is 123 Å². The summed E-state index contributed by atoms with van der Waals surface area (Å²) >= 11 is 0. The molecule has 0 radical (unpaired) electrons. The highest BCUT2D eigenvalue weighted by atomic mass is 32.2. The van der Waals surface area contributed by atoms with Gasteiger partial charge in [0.15, 0.2) is 0 Å². The minimum absolute atomic E-state index is 0.00300. The molecular weight excluding hydrogens is 569 g/mol. The molecule has 4 aromatic carbocycles. The fourth-order valence-electron chi connectivity index (χ4n) is 4.46. The van der Waals surface area contributed by atoms with Crippen LogP contribution >= 0.6 is 0 Å². The summed E-state index contributed by atoms with van der Waals surface area (Å²) in [5.74, 6) is 0. The van der Waals surface area contributed by atoms with Gasteiger partial charge >= 0.3 is 0 Å². The summed E-state index contributed by atoms with van der Waals surface area (Å²) in [6, 6.07) is 15.6. The number of benzene rings is 4. The quantitative estimate of drug-likeness (QED) is 0.265. The van der Waals surface area contributed by atoms with Crippen molar-refractivity contribution in [1.82, 2.24) is 0 Å². The van der Waals surface area contributed by atoms with Gasteiger partial charge in [-0.1, -0.05) is 24.3 Å². The maximum absolute atomic E-state index is 14.2. The molecule has 0 fully saturated rings. The minimum atomic E-state index is -4.76. The molecule has 0 heterocycles. The zero-order valence-corrected chi connectivity index (χ0v) is 25.4. The van der Waals surface area contributed by atoms with Gasteiger partial charge in [-0.05, 0) is 117 Å². The maximum atomic E-state index is 14.2. The van der Waals surface area contributed by atoms with Crippen LogP contribution in [0.25, 0.3) is 11.1 Å². The van der Waals surface area contributed by atoms with Crippen molar-refractivity contribution in [2.75, 3.05) is 0 Å². The van der Waals surface area contributed by atoms with Gasteiger partial charge in [0.25, 0.3) is 10.1 Å². The van der Waals surface area contributed by atoms with Crippen LogP contribution in [-0.4, -0.2) is 29.8 Å². The van der Waals surface area contributed by atoms with Gasteiger partial charge in [0.2, 0.25) is 19.7 Å². The Morgan fingerprint density at radius 1 is 0.475 bits per heavy atom. The van der Waals surface area contributed by atoms with Gasteiger partial charge in [-0.15, -0.1) is 0 Å². The van der Waals surface area contributed by atoms with E-state index in [-0.39, 0.29) is 30.7 Å². The first-order valence-corrected chi connectivity index (χ1v) is 16.7. The van der Waals surface area contributed by atoms with Crippen LogP contribution in [0.4, 0.5) is 0 Å². The van der Waals surface area contributed by atoms with E-state index in [9.17, 15) is 29.8 Å². The van der Waals surface area contributed by atoms with E-state index in [0.29, 0.717) is 16.7 Å². The Morgan fingerprint density at radius 3 is 1.43 bits per heavy atom. The Kier molecular flexibility index (Phi) is 7.61. The largest absolute Gasteiger partial charge is 0.295 e. The van der Waals surface area contributed by atoms with Crippen molar-refractivity contribution < 1.29 is 29.8 Å². The molecule has 0 aliphatic rings. The molecule has 0 spiro atoms. The number of hydrogen-bond acceptors (Lipinski definition) is 6. The van der Waals surface area contributed by atoms with Gasteiger partial charge in [-0.2, -0.15) is 8.42 Å². The second-order valence-electron chi connectivity index (χ2n) is 10.0. The summed E-state index contributed by atoms with van der Waals surface area (Å²) < 4.78 is 90.5. The molecule has 0 aromatic heterocycles. The zero-order chi connectivity index (χ0) is 29.8. The highest BCUT2D eigenvalue weighted by molar-refractivity contribution is 7.92. The second kappa shape index (κ2) is 10.3. The van der Waals surface area contributed by atoms with E-state index in [0.717, 1.165) is 22.8 Å². The third-order valence-electron chi connectivity index (χ3n) is 7.38. The molecule has 40 heavy (non-hydrogen) atoms. The van der Waals surface area contributed by atoms with Crippen LogP contribution in [0.5, 0.6) is 0 Å². The Balaban J connectivity index is 2.12. The first kappa shape index (κ1) is 29.7. The summed E-state index contributed by atoms with van der Waals surface area (Å²) in [7, 11) is -13.3. The number of rotatable bonds is 6. The maximum Gasteiger partial charge on any atom is 0.295 e. The molecule has 4 rings (SSSR count). The van der Waals surface area contributed by atoms with E-state index >= 15 is 0 Å². The van der Waals surface area contributed by atoms with Crippen molar-refractivity contribution >= 4 is 29.8 Å². The number of aryl methyl sites for hydroxylation is 5. The molecule has 0 atom stereocenters. The SMILES string of the molecule is Cc1ccc(S(=O)(=O)c2ccc(-c3c(S(=O)(=O)O)ccc(C)c3C)c(S(=O)(=O)c3ccc(C)c(C)c3)c2)cc1C. The van der Waals surface area contributed by atoms with Crippen molar-refractivity contribution in [3.8, 4) is 11.1 Å². The van der Waals surface area contributed by atoms with E-state index in [2.05, 4.69) is 0 Å². The fourth-order valence-corrected chi connectivity index (χ4v) is 8.25. The van der Waals surface area contributed by atoms with E-state index in [1.165, 1.54) is 48.5 Å². The summed E-state index contributed by atoms with van der Waals surface area (Å²) in [5.41, 5.74) is 4.28. The molecule has 0 unspecified atom stereocenters. The van der Waals surface area contributed by atoms with Gasteiger partial charge in [-0.3, -0.25) is 4.55 Å². The Labute approximate surface area is 236 Å². The van der Waals surface area contributed by atoms with E-state index in [4.69, 9.17) is 0 Å². The second-order valence-corrected chi connectivity index (χ2v) is 15.3. The highest BCUT2D eigenvalue weighted by Crippen LogP contribution is 2.40. The molecule has 0 aliphatic heterocycles. The van der Waals surface area contributed by atoms with Crippen LogP contribution in [0, 0.1) is 41.5 Å². The monoisotopic (exact) mass is 598 g/mol. The van der Waals surface area contributed by atoms with Crippen molar-refractivity contribution in [2.24, 2.45) is 0 Å². The molecule has 0 saturated carbocycles. The lowest BCUT2D eigenvalue weighted by molar-refractivity contribution is 0.483. The predicted molar refractivity (Wildman–Crippen MR) is 154 cm³/mol. The molecule has 10 heteroatoms. The van der Waals surface area contributed by atoms with Crippen LogP contribution in [0.15, 0.2) is 91.2 Å². The average molecular weight is 599 g/mol. The Hall–Kier alpha value is -3.31. The standard InChI is InChI=1S/C30H30O7S3/c1-18-7-10-24(15-21(18)4)38(31,32)26-12-13-27(30-23(6)20(3)9-14-28(30)40(35,36)37)29(17-26)39(33,34)25-11-8-19(2)22(5)16-25/h7-17H,1-6H3,(H,35,36,37). The third kappa shape index (κ3) is 5.24. The molecule has 7 nitrogen and oxygen atoms in total. The third-order valence-corrected chi connectivity index (χ3v) is 11.8. The molecule has 210 valence electrons. The predicted octanol–water partition coefficient (Wildman–Crippen LogP) is 6.12. The van der Waals surface area contributed by atoms with Crippen LogP contribution in [-0.2, 0) is 29.8 Å². The highest BCUT2D eigenvalue weighted by Gasteiger charge is 2.30. The first-order valence-electron chi connectivity index (χ1n) is 12.3. The summed E-state index contributed by atoms with van der Waals surface area (Å²) in [5, 5.41) is 0. The number of hydrogen-bond donors (Lipinski definition) is 1. The van der Waals surface area contributed by atoms with E-state index in [1.54, 1.807) is 39.8 Å². The molecule has 4 aromatic rings. The average Bonchev–Trinajstić information content (AvgIpc) is 2.87. The molecule has 0 aliphatic carbocycles. The Bertz CT molecular complexity index is 2010. The summed E-state index contributed by atoms with van der Waals surface area (Å²) in [6.07, 6.45) is 0. The van der Waals surface area contributed by atoms with Gasteiger partial charge < -0.3 is 0 Å². The minimum Gasteiger partial charge on any atom is -0.282 e. The smallest absolute Gasteiger partial charge is 0.282 e. The van der Waals surface area contributed by atoms with Crippen LogP contribution in [0.1, 0.15) is 33.4 Å². The van der Waals surface area contributed by atoms with Crippen LogP contribution in [0.2, 0.25) is 0 Å². The van der Waals surface area contributed by atoms with Crippen LogP contribution < -0.4 is 0 Å². The lowest BCUT2D eigenvalue weighted by atomic mass is 9.97. The van der Waals surface area contributed by atoms with Crippen molar-refractivity contribution in [2.45, 2.75) is 66.0 Å². The van der Waals surface area contributed by atoms with Crippen molar-refractivity contribution in [1.29, 1.82) is 0 Å². The number of sulfone groups is 2. The normalized spacial score (nSPS) is 12.5. The van der Waals surface area contributed by atoms with E-state index in [1.807, 2.05) is 13.8 Å². The van der Waals surface area contributed by atoms with Crippen molar-refractivity contribution in [3.05, 3.63) is 100 Å². The lowest BCUT2D eigenvalue weighted by Gasteiger charge is -2.19. The first-order chi connectivity index (χ1) is 18.5. The van der Waals surface area contributed by atoms with Gasteiger partial charge in [0.1, 0.15) is 4.90 Å². The lowest BCUT2D eigenvalue weighted by Crippen LogP contribution is -2.11. The van der Waals surface area contributed by atoms with Crippen molar-refractivity contribution in [3.63, 3.8) is 0 Å². The zero-order valence-electron chi connectivity index (χ0n) is 23.0. The molecule has 0 saturated heterocycles. The molecular formula is C30H30O7S3. The molecule has 1 N–H and O–H groups in total. The molecule has 0 amide bonds. The van der Waals surface area contributed by atoms with Crippen LogP contribution in [0.3, 0.4) is 0 Å². The fraction of sp³-hybridized carbons (Fsp3) is 0.200. The Morgan fingerprint density at radius 2 is 0.925 bits per heavy atom. The summed E-state index contributed by atoms with van der Waals surface area (Å²) in [4.78, 5) is -1.20. The summed E-state index contributed by atoms with van der Waals surface area (Å²) in [6.45, 7) is 10.6. The molecule has 0 bridgehead atoms. The van der Waals surface area contributed by atoms with E-state index < -0.39 is 34.7 Å². The van der Waals surface area contributed by atoms with Gasteiger partial charge in [0, 0.05) is 11.1 Å².